The molecule has 0 spiro atoms. The summed E-state index contributed by atoms with van der Waals surface area (Å²) in [5, 5.41) is 3.52. The minimum absolute atomic E-state index is 0.930. The zero-order valence-corrected chi connectivity index (χ0v) is 14.3. The Labute approximate surface area is 145 Å². The number of pyridine rings is 1. The van der Waals surface area contributed by atoms with Crippen LogP contribution in [0.4, 0.5) is 0 Å². The molecule has 0 saturated carbocycles. The molecular weight excluding hydrogens is 294 g/mol. The van der Waals surface area contributed by atoms with Gasteiger partial charge in [-0.05, 0) is 81.0 Å². The molecule has 1 N–H and O–H groups in total. The number of aromatic nitrogens is 1. The molecule has 0 radical (unpaired) electrons. The Balaban J connectivity index is 1.36. The standard InChI is InChI=1S/C21H27N3/c1-2-10-23-21(6-1)19-5-3-4-17(14-19)16-24-12-8-18(9-13-24)20-7-11-22-15-20/h1-6,10,14,18,20,22H,7-9,11-13,15-16H2. The number of piperidine rings is 1. The van der Waals surface area contributed by atoms with Crippen molar-refractivity contribution in [2.45, 2.75) is 25.8 Å². The van der Waals surface area contributed by atoms with E-state index in [9.17, 15) is 0 Å². The van der Waals surface area contributed by atoms with E-state index in [1.54, 1.807) is 0 Å². The monoisotopic (exact) mass is 321 g/mol. The molecule has 3 nitrogen and oxygen atoms in total. The largest absolute Gasteiger partial charge is 0.316 e. The van der Waals surface area contributed by atoms with Crippen molar-refractivity contribution in [3.63, 3.8) is 0 Å². The first-order valence-corrected chi connectivity index (χ1v) is 9.32. The van der Waals surface area contributed by atoms with E-state index < -0.39 is 0 Å². The molecule has 2 aromatic rings. The Kier molecular flexibility index (Phi) is 4.91. The smallest absolute Gasteiger partial charge is 0.0702 e. The second kappa shape index (κ2) is 7.45. The molecule has 1 aromatic heterocycles. The first-order chi connectivity index (χ1) is 11.9. The first-order valence-electron chi connectivity index (χ1n) is 9.32. The van der Waals surface area contributed by atoms with Crippen LogP contribution in [0.15, 0.2) is 48.7 Å². The zero-order chi connectivity index (χ0) is 16.2. The number of likely N-dealkylation sites (tertiary alicyclic amines) is 1. The van der Waals surface area contributed by atoms with E-state index in [-0.39, 0.29) is 0 Å². The van der Waals surface area contributed by atoms with Crippen LogP contribution < -0.4 is 5.32 Å². The van der Waals surface area contributed by atoms with Gasteiger partial charge in [-0.15, -0.1) is 0 Å². The molecule has 0 aliphatic carbocycles. The van der Waals surface area contributed by atoms with Crippen molar-refractivity contribution in [3.8, 4) is 11.3 Å². The van der Waals surface area contributed by atoms with E-state index in [4.69, 9.17) is 0 Å². The summed E-state index contributed by atoms with van der Waals surface area (Å²) in [7, 11) is 0. The first kappa shape index (κ1) is 15.8. The number of hydrogen-bond acceptors (Lipinski definition) is 3. The second-order valence-electron chi connectivity index (χ2n) is 7.28. The van der Waals surface area contributed by atoms with Gasteiger partial charge < -0.3 is 5.32 Å². The molecule has 1 aromatic carbocycles. The second-order valence-corrected chi connectivity index (χ2v) is 7.28. The van der Waals surface area contributed by atoms with E-state index in [2.05, 4.69) is 51.6 Å². The number of rotatable bonds is 4. The molecule has 4 rings (SSSR count). The third kappa shape index (κ3) is 3.68. The van der Waals surface area contributed by atoms with E-state index in [1.165, 1.54) is 56.6 Å². The number of nitrogens with zero attached hydrogens (tertiary/aromatic N) is 2. The minimum Gasteiger partial charge on any atom is -0.316 e. The molecular formula is C21H27N3. The molecule has 2 fully saturated rings. The molecule has 3 heterocycles. The van der Waals surface area contributed by atoms with Crippen molar-refractivity contribution in [1.82, 2.24) is 15.2 Å². The van der Waals surface area contributed by atoms with Crippen molar-refractivity contribution in [2.24, 2.45) is 11.8 Å². The average Bonchev–Trinajstić information content (AvgIpc) is 3.18. The van der Waals surface area contributed by atoms with Crippen LogP contribution in [0.2, 0.25) is 0 Å². The van der Waals surface area contributed by atoms with Gasteiger partial charge >= 0.3 is 0 Å². The fraction of sp³-hybridized carbons (Fsp3) is 0.476. The highest BCUT2D eigenvalue weighted by atomic mass is 15.1. The summed E-state index contributed by atoms with van der Waals surface area (Å²) in [6.07, 6.45) is 5.99. The van der Waals surface area contributed by atoms with Crippen molar-refractivity contribution >= 4 is 0 Å². The molecule has 2 aliphatic heterocycles. The van der Waals surface area contributed by atoms with Gasteiger partial charge in [0.15, 0.2) is 0 Å². The molecule has 0 bridgehead atoms. The van der Waals surface area contributed by atoms with Crippen LogP contribution in [-0.2, 0) is 6.54 Å². The number of benzene rings is 1. The van der Waals surface area contributed by atoms with Gasteiger partial charge in [0.25, 0.3) is 0 Å². The Morgan fingerprint density at radius 3 is 2.67 bits per heavy atom. The fourth-order valence-electron chi connectivity index (χ4n) is 4.28. The molecule has 0 amide bonds. The summed E-state index contributed by atoms with van der Waals surface area (Å²) in [6.45, 7) is 6.03. The minimum atomic E-state index is 0.930. The highest BCUT2D eigenvalue weighted by Gasteiger charge is 2.28. The van der Waals surface area contributed by atoms with Gasteiger partial charge in [-0.3, -0.25) is 9.88 Å². The van der Waals surface area contributed by atoms with Gasteiger partial charge in [0, 0.05) is 18.3 Å². The van der Waals surface area contributed by atoms with Crippen LogP contribution in [0.5, 0.6) is 0 Å². The fourth-order valence-corrected chi connectivity index (χ4v) is 4.28. The van der Waals surface area contributed by atoms with Crippen LogP contribution >= 0.6 is 0 Å². The van der Waals surface area contributed by atoms with Gasteiger partial charge in [-0.2, -0.15) is 0 Å². The van der Waals surface area contributed by atoms with Crippen LogP contribution in [0.25, 0.3) is 11.3 Å². The van der Waals surface area contributed by atoms with Crippen molar-refractivity contribution in [2.75, 3.05) is 26.2 Å². The lowest BCUT2D eigenvalue weighted by Crippen LogP contribution is -2.36. The maximum absolute atomic E-state index is 4.47. The molecule has 3 heteroatoms. The van der Waals surface area contributed by atoms with Crippen LogP contribution in [0.1, 0.15) is 24.8 Å². The van der Waals surface area contributed by atoms with Gasteiger partial charge in [-0.1, -0.05) is 24.3 Å². The quantitative estimate of drug-likeness (QED) is 0.933. The SMILES string of the molecule is c1ccc(-c2cccc(CN3CCC(C4CCNC4)CC3)c2)nc1. The lowest BCUT2D eigenvalue weighted by molar-refractivity contribution is 0.147. The van der Waals surface area contributed by atoms with Crippen LogP contribution in [0, 0.1) is 11.8 Å². The lowest BCUT2D eigenvalue weighted by atomic mass is 9.83. The molecule has 1 unspecified atom stereocenters. The highest BCUT2D eigenvalue weighted by molar-refractivity contribution is 5.59. The number of hydrogen-bond donors (Lipinski definition) is 1. The summed E-state index contributed by atoms with van der Waals surface area (Å²) in [5.41, 5.74) is 3.69. The summed E-state index contributed by atoms with van der Waals surface area (Å²) < 4.78 is 0. The normalized spacial score (nSPS) is 22.8. The summed E-state index contributed by atoms with van der Waals surface area (Å²) in [4.78, 5) is 7.09. The molecule has 1 atom stereocenters. The maximum Gasteiger partial charge on any atom is 0.0702 e. The van der Waals surface area contributed by atoms with Gasteiger partial charge in [-0.25, -0.2) is 0 Å². The Hall–Kier alpha value is -1.71. The van der Waals surface area contributed by atoms with E-state index in [0.717, 1.165) is 24.1 Å². The topological polar surface area (TPSA) is 28.2 Å². The Morgan fingerprint density at radius 1 is 1.00 bits per heavy atom. The van der Waals surface area contributed by atoms with Crippen molar-refractivity contribution in [1.29, 1.82) is 0 Å². The Morgan fingerprint density at radius 2 is 1.92 bits per heavy atom. The summed E-state index contributed by atoms with van der Waals surface area (Å²) in [6, 6.07) is 15.0. The van der Waals surface area contributed by atoms with Crippen molar-refractivity contribution in [3.05, 3.63) is 54.2 Å². The van der Waals surface area contributed by atoms with Gasteiger partial charge in [0.05, 0.1) is 5.69 Å². The van der Waals surface area contributed by atoms with Crippen LogP contribution in [0.3, 0.4) is 0 Å². The lowest BCUT2D eigenvalue weighted by Gasteiger charge is -2.34. The van der Waals surface area contributed by atoms with Crippen molar-refractivity contribution < 1.29 is 0 Å². The zero-order valence-electron chi connectivity index (χ0n) is 14.3. The van der Waals surface area contributed by atoms with E-state index in [1.807, 2.05) is 12.3 Å². The predicted octanol–water partition coefficient (Wildman–Crippen LogP) is 3.57. The molecule has 126 valence electrons. The molecule has 2 saturated heterocycles. The third-order valence-electron chi connectivity index (χ3n) is 5.69. The highest BCUT2D eigenvalue weighted by Crippen LogP contribution is 2.29. The predicted molar refractivity (Wildman–Crippen MR) is 98.7 cm³/mol. The van der Waals surface area contributed by atoms with E-state index in [0.29, 0.717) is 0 Å². The summed E-state index contributed by atoms with van der Waals surface area (Å²) >= 11 is 0. The van der Waals surface area contributed by atoms with Crippen LogP contribution in [-0.4, -0.2) is 36.1 Å². The maximum atomic E-state index is 4.47. The molecule has 24 heavy (non-hydrogen) atoms. The Bertz CT molecular complexity index is 641. The average molecular weight is 321 g/mol. The van der Waals surface area contributed by atoms with Gasteiger partial charge in [0.1, 0.15) is 0 Å². The summed E-state index contributed by atoms with van der Waals surface area (Å²) in [5.74, 6) is 1.87. The molecule has 2 aliphatic rings. The van der Waals surface area contributed by atoms with E-state index >= 15 is 0 Å². The number of nitrogens with one attached hydrogen (secondary N) is 1. The van der Waals surface area contributed by atoms with Gasteiger partial charge in [0.2, 0.25) is 0 Å². The third-order valence-corrected chi connectivity index (χ3v) is 5.69.